The van der Waals surface area contributed by atoms with Gasteiger partial charge in [-0.2, -0.15) is 11.8 Å². The third-order valence-corrected chi connectivity index (χ3v) is 4.78. The zero-order chi connectivity index (χ0) is 14.5. The predicted molar refractivity (Wildman–Crippen MR) is 92.5 cm³/mol. The average Bonchev–Trinajstić information content (AvgIpc) is 2.82. The Morgan fingerprint density at radius 3 is 2.85 bits per heavy atom. The van der Waals surface area contributed by atoms with Gasteiger partial charge in [0, 0.05) is 15.9 Å². The summed E-state index contributed by atoms with van der Waals surface area (Å²) in [7, 11) is 0. The summed E-state index contributed by atoms with van der Waals surface area (Å²) in [5.41, 5.74) is 0.950. The van der Waals surface area contributed by atoms with E-state index in [0.29, 0.717) is 6.04 Å². The Bertz CT molecular complexity index is 554. The van der Waals surface area contributed by atoms with E-state index in [1.807, 2.05) is 23.9 Å². The monoisotopic (exact) mass is 355 g/mol. The number of halogens is 1. The summed E-state index contributed by atoms with van der Waals surface area (Å²) in [6, 6.07) is 8.99. The Hall–Kier alpha value is -0.450. The van der Waals surface area contributed by atoms with Gasteiger partial charge in [-0.25, -0.2) is 0 Å². The van der Waals surface area contributed by atoms with Crippen LogP contribution in [-0.4, -0.2) is 17.5 Å². The van der Waals surface area contributed by atoms with Crippen molar-refractivity contribution < 1.29 is 4.42 Å². The molecule has 0 radical (unpaired) electrons. The molecule has 4 heteroatoms. The molecule has 2 nitrogen and oxygen atoms in total. The minimum atomic E-state index is 0.239. The molecular formula is C16H22BrNOS. The topological polar surface area (TPSA) is 25.2 Å². The first-order valence-corrected chi connectivity index (χ1v) is 9.07. The van der Waals surface area contributed by atoms with E-state index < -0.39 is 0 Å². The lowest BCUT2D eigenvalue weighted by Crippen LogP contribution is -2.29. The molecule has 20 heavy (non-hydrogen) atoms. The summed E-state index contributed by atoms with van der Waals surface area (Å²) in [4.78, 5) is 0. The molecule has 0 bridgehead atoms. The summed E-state index contributed by atoms with van der Waals surface area (Å²) >= 11 is 5.49. The Kier molecular flexibility index (Phi) is 6.00. The molecule has 0 fully saturated rings. The number of benzene rings is 1. The molecule has 0 saturated carbocycles. The fourth-order valence-corrected chi connectivity index (χ4v) is 3.43. The number of nitrogens with one attached hydrogen (secondary N) is 1. The number of thioether (sulfide) groups is 1. The molecule has 0 spiro atoms. The molecule has 2 rings (SSSR count). The number of furan rings is 1. The van der Waals surface area contributed by atoms with Crippen molar-refractivity contribution in [3.63, 3.8) is 0 Å². The molecule has 2 atom stereocenters. The SMILES string of the molecule is CCSCCC(C)NC(C)c1cc2cc(Br)ccc2o1. The van der Waals surface area contributed by atoms with Gasteiger partial charge in [-0.3, -0.25) is 0 Å². The van der Waals surface area contributed by atoms with Crippen molar-refractivity contribution in [1.29, 1.82) is 0 Å². The van der Waals surface area contributed by atoms with Gasteiger partial charge in [-0.05, 0) is 56.0 Å². The van der Waals surface area contributed by atoms with Crippen LogP contribution in [0.25, 0.3) is 11.0 Å². The second-order valence-corrected chi connectivity index (χ2v) is 7.42. The fourth-order valence-electron chi connectivity index (χ4n) is 2.24. The van der Waals surface area contributed by atoms with Crippen molar-refractivity contribution >= 4 is 38.7 Å². The minimum Gasteiger partial charge on any atom is -0.459 e. The van der Waals surface area contributed by atoms with Crippen LogP contribution < -0.4 is 5.32 Å². The Balaban J connectivity index is 1.98. The van der Waals surface area contributed by atoms with Crippen LogP contribution in [0.2, 0.25) is 0 Å². The van der Waals surface area contributed by atoms with Crippen LogP contribution in [0.4, 0.5) is 0 Å². The van der Waals surface area contributed by atoms with Crippen molar-refractivity contribution in [2.75, 3.05) is 11.5 Å². The van der Waals surface area contributed by atoms with Crippen molar-refractivity contribution in [3.05, 3.63) is 34.5 Å². The standard InChI is InChI=1S/C16H22BrNOS/c1-4-20-8-7-11(2)18-12(3)16-10-13-9-14(17)5-6-15(13)19-16/h5-6,9-12,18H,4,7-8H2,1-3H3. The number of rotatable bonds is 7. The van der Waals surface area contributed by atoms with E-state index in [1.165, 1.54) is 17.9 Å². The van der Waals surface area contributed by atoms with E-state index in [9.17, 15) is 0 Å². The lowest BCUT2D eigenvalue weighted by atomic mass is 10.2. The van der Waals surface area contributed by atoms with Crippen molar-refractivity contribution in [1.82, 2.24) is 5.32 Å². The maximum absolute atomic E-state index is 5.92. The molecule has 1 N–H and O–H groups in total. The van der Waals surface area contributed by atoms with Gasteiger partial charge in [0.05, 0.1) is 6.04 Å². The third kappa shape index (κ3) is 4.27. The number of fused-ring (bicyclic) bond motifs is 1. The summed E-state index contributed by atoms with van der Waals surface area (Å²) in [5.74, 6) is 3.42. The maximum Gasteiger partial charge on any atom is 0.134 e. The molecule has 1 aromatic carbocycles. The van der Waals surface area contributed by atoms with Crippen LogP contribution in [-0.2, 0) is 0 Å². The van der Waals surface area contributed by atoms with Crippen LogP contribution in [0.1, 0.15) is 39.0 Å². The Labute approximate surface area is 133 Å². The molecule has 110 valence electrons. The molecule has 2 unspecified atom stereocenters. The fraction of sp³-hybridized carbons (Fsp3) is 0.500. The van der Waals surface area contributed by atoms with E-state index in [1.54, 1.807) is 0 Å². The van der Waals surface area contributed by atoms with Gasteiger partial charge in [0.25, 0.3) is 0 Å². The molecule has 2 aromatic rings. The van der Waals surface area contributed by atoms with E-state index in [-0.39, 0.29) is 6.04 Å². The largest absolute Gasteiger partial charge is 0.459 e. The highest BCUT2D eigenvalue weighted by molar-refractivity contribution is 9.10. The summed E-state index contributed by atoms with van der Waals surface area (Å²) < 4.78 is 7.01. The number of hydrogen-bond acceptors (Lipinski definition) is 3. The van der Waals surface area contributed by atoms with Gasteiger partial charge in [0.15, 0.2) is 0 Å². The Morgan fingerprint density at radius 1 is 1.30 bits per heavy atom. The first kappa shape index (κ1) is 15.9. The molecule has 0 aliphatic heterocycles. The van der Waals surface area contributed by atoms with Crippen molar-refractivity contribution in [2.45, 2.75) is 39.3 Å². The summed E-state index contributed by atoms with van der Waals surface area (Å²) in [5, 5.41) is 4.76. The highest BCUT2D eigenvalue weighted by Gasteiger charge is 2.14. The van der Waals surface area contributed by atoms with E-state index in [4.69, 9.17) is 4.42 Å². The van der Waals surface area contributed by atoms with Gasteiger partial charge in [0.2, 0.25) is 0 Å². The van der Waals surface area contributed by atoms with Crippen LogP contribution in [0.3, 0.4) is 0 Å². The highest BCUT2D eigenvalue weighted by Crippen LogP contribution is 2.26. The first-order valence-electron chi connectivity index (χ1n) is 7.13. The van der Waals surface area contributed by atoms with Crippen LogP contribution >= 0.6 is 27.7 Å². The second-order valence-electron chi connectivity index (χ2n) is 5.11. The van der Waals surface area contributed by atoms with E-state index >= 15 is 0 Å². The van der Waals surface area contributed by atoms with Gasteiger partial charge in [-0.1, -0.05) is 22.9 Å². The van der Waals surface area contributed by atoms with Gasteiger partial charge in [0.1, 0.15) is 11.3 Å². The normalized spacial score (nSPS) is 14.6. The quantitative estimate of drug-likeness (QED) is 0.675. The maximum atomic E-state index is 5.92. The van der Waals surface area contributed by atoms with Crippen molar-refractivity contribution in [2.24, 2.45) is 0 Å². The minimum absolute atomic E-state index is 0.239. The lowest BCUT2D eigenvalue weighted by molar-refractivity contribution is 0.407. The molecule has 0 amide bonds. The molecule has 1 aromatic heterocycles. The van der Waals surface area contributed by atoms with E-state index in [2.05, 4.69) is 54.2 Å². The molecule has 0 saturated heterocycles. The molecule has 0 aliphatic rings. The predicted octanol–water partition coefficient (Wildman–Crippen LogP) is 5.38. The van der Waals surface area contributed by atoms with Gasteiger partial charge < -0.3 is 9.73 Å². The Morgan fingerprint density at radius 2 is 2.10 bits per heavy atom. The van der Waals surface area contributed by atoms with Crippen molar-refractivity contribution in [3.8, 4) is 0 Å². The lowest BCUT2D eigenvalue weighted by Gasteiger charge is -2.18. The van der Waals surface area contributed by atoms with E-state index in [0.717, 1.165) is 21.2 Å². The third-order valence-electron chi connectivity index (χ3n) is 3.36. The van der Waals surface area contributed by atoms with Gasteiger partial charge >= 0.3 is 0 Å². The summed E-state index contributed by atoms with van der Waals surface area (Å²) in [6.07, 6.45) is 1.19. The van der Waals surface area contributed by atoms with Crippen LogP contribution in [0, 0.1) is 0 Å². The average molecular weight is 356 g/mol. The summed E-state index contributed by atoms with van der Waals surface area (Å²) in [6.45, 7) is 6.61. The smallest absolute Gasteiger partial charge is 0.134 e. The second kappa shape index (κ2) is 7.53. The zero-order valence-corrected chi connectivity index (χ0v) is 14.7. The molecule has 0 aliphatic carbocycles. The molecular weight excluding hydrogens is 334 g/mol. The zero-order valence-electron chi connectivity index (χ0n) is 12.3. The van der Waals surface area contributed by atoms with Crippen LogP contribution in [0.5, 0.6) is 0 Å². The number of hydrogen-bond donors (Lipinski definition) is 1. The molecule has 1 heterocycles. The highest BCUT2D eigenvalue weighted by atomic mass is 79.9. The van der Waals surface area contributed by atoms with Crippen LogP contribution in [0.15, 0.2) is 33.2 Å². The van der Waals surface area contributed by atoms with Gasteiger partial charge in [-0.15, -0.1) is 0 Å². The first-order chi connectivity index (χ1) is 9.60.